The molecule has 0 spiro atoms. The van der Waals surface area contributed by atoms with Crippen molar-refractivity contribution in [1.82, 2.24) is 0 Å². The van der Waals surface area contributed by atoms with Crippen molar-refractivity contribution in [1.29, 1.82) is 0 Å². The molecule has 0 aliphatic rings. The molecule has 0 N–H and O–H groups in total. The van der Waals surface area contributed by atoms with Crippen molar-refractivity contribution in [2.24, 2.45) is 4.99 Å². The SMILES string of the molecule is CO/C=C(\Oc1cc(N=CN(C)c2ccccc2)ccc1C)C(=O)OC. The second-order valence-electron chi connectivity index (χ2n) is 5.45. The number of aryl methyl sites for hydroxylation is 1. The molecule has 0 atom stereocenters. The van der Waals surface area contributed by atoms with Gasteiger partial charge in [0.15, 0.2) is 0 Å². The Labute approximate surface area is 153 Å². The first-order chi connectivity index (χ1) is 12.5. The zero-order valence-corrected chi connectivity index (χ0v) is 15.3. The van der Waals surface area contributed by atoms with Gasteiger partial charge in [0.2, 0.25) is 5.76 Å². The predicted molar refractivity (Wildman–Crippen MR) is 102 cm³/mol. The summed E-state index contributed by atoms with van der Waals surface area (Å²) in [6, 6.07) is 15.4. The van der Waals surface area contributed by atoms with Crippen LogP contribution in [0.1, 0.15) is 5.56 Å². The van der Waals surface area contributed by atoms with E-state index in [4.69, 9.17) is 9.47 Å². The average Bonchev–Trinajstić information content (AvgIpc) is 2.67. The molecule has 0 aliphatic carbocycles. The van der Waals surface area contributed by atoms with Crippen LogP contribution < -0.4 is 9.64 Å². The number of para-hydroxylation sites is 1. The van der Waals surface area contributed by atoms with Crippen molar-refractivity contribution in [2.75, 3.05) is 26.2 Å². The number of hydrogen-bond donors (Lipinski definition) is 0. The molecule has 0 saturated heterocycles. The largest absolute Gasteiger partial charge is 0.500 e. The summed E-state index contributed by atoms with van der Waals surface area (Å²) >= 11 is 0. The predicted octanol–water partition coefficient (Wildman–Crippen LogP) is 3.83. The third kappa shape index (κ3) is 5.11. The lowest BCUT2D eigenvalue weighted by molar-refractivity contribution is -0.138. The quantitative estimate of drug-likeness (QED) is 0.249. The molecule has 6 heteroatoms. The molecule has 0 amide bonds. The molecular formula is C20H22N2O4. The number of carbonyl (C=O) groups is 1. The van der Waals surface area contributed by atoms with E-state index in [0.29, 0.717) is 11.4 Å². The molecule has 0 aromatic heterocycles. The Balaban J connectivity index is 2.20. The van der Waals surface area contributed by atoms with Crippen LogP contribution in [0.5, 0.6) is 5.75 Å². The molecule has 136 valence electrons. The highest BCUT2D eigenvalue weighted by molar-refractivity contribution is 5.86. The van der Waals surface area contributed by atoms with Crippen LogP contribution in [0.2, 0.25) is 0 Å². The summed E-state index contributed by atoms with van der Waals surface area (Å²) in [5.41, 5.74) is 2.57. The monoisotopic (exact) mass is 354 g/mol. The fourth-order valence-electron chi connectivity index (χ4n) is 2.10. The minimum Gasteiger partial charge on any atom is -0.500 e. The van der Waals surface area contributed by atoms with Gasteiger partial charge in [-0.15, -0.1) is 0 Å². The zero-order valence-electron chi connectivity index (χ0n) is 15.3. The number of ether oxygens (including phenoxy) is 3. The van der Waals surface area contributed by atoms with Crippen LogP contribution in [-0.2, 0) is 14.3 Å². The second kappa shape index (κ2) is 9.27. The van der Waals surface area contributed by atoms with Crippen molar-refractivity contribution in [3.05, 3.63) is 66.1 Å². The van der Waals surface area contributed by atoms with Crippen LogP contribution in [0.15, 0.2) is 65.5 Å². The van der Waals surface area contributed by atoms with Crippen LogP contribution in [0.3, 0.4) is 0 Å². The third-order valence-corrected chi connectivity index (χ3v) is 3.55. The fourth-order valence-corrected chi connectivity index (χ4v) is 2.10. The molecule has 6 nitrogen and oxygen atoms in total. The number of anilines is 1. The number of hydrogen-bond acceptors (Lipinski definition) is 5. The lowest BCUT2D eigenvalue weighted by Gasteiger charge is -2.13. The van der Waals surface area contributed by atoms with Crippen molar-refractivity contribution in [3.8, 4) is 5.75 Å². The summed E-state index contributed by atoms with van der Waals surface area (Å²) in [5.74, 6) is -0.166. The van der Waals surface area contributed by atoms with Gasteiger partial charge in [-0.25, -0.2) is 9.79 Å². The van der Waals surface area contributed by atoms with Crippen LogP contribution in [0.25, 0.3) is 0 Å². The number of aliphatic imine (C=N–C) groups is 1. The van der Waals surface area contributed by atoms with Gasteiger partial charge in [0, 0.05) is 18.8 Å². The van der Waals surface area contributed by atoms with Gasteiger partial charge in [-0.2, -0.15) is 0 Å². The lowest BCUT2D eigenvalue weighted by atomic mass is 10.2. The summed E-state index contributed by atoms with van der Waals surface area (Å²) < 4.78 is 15.2. The first kappa shape index (κ1) is 19.1. The van der Waals surface area contributed by atoms with Gasteiger partial charge in [0.05, 0.1) is 26.2 Å². The molecule has 0 unspecified atom stereocenters. The summed E-state index contributed by atoms with van der Waals surface area (Å²) in [7, 11) is 4.63. The van der Waals surface area contributed by atoms with E-state index in [1.165, 1.54) is 20.5 Å². The van der Waals surface area contributed by atoms with Crippen molar-refractivity contribution < 1.29 is 19.0 Å². The first-order valence-corrected chi connectivity index (χ1v) is 7.97. The van der Waals surface area contributed by atoms with Crippen molar-refractivity contribution in [2.45, 2.75) is 6.92 Å². The molecule has 0 radical (unpaired) electrons. The Bertz CT molecular complexity index is 801. The molecule has 26 heavy (non-hydrogen) atoms. The number of benzene rings is 2. The zero-order chi connectivity index (χ0) is 18.9. The number of rotatable bonds is 7. The fraction of sp³-hybridized carbons (Fsp3) is 0.200. The summed E-state index contributed by atoms with van der Waals surface area (Å²) in [6.07, 6.45) is 2.92. The topological polar surface area (TPSA) is 60.4 Å². The maximum absolute atomic E-state index is 11.7. The van der Waals surface area contributed by atoms with Gasteiger partial charge >= 0.3 is 5.97 Å². The van der Waals surface area contributed by atoms with E-state index < -0.39 is 5.97 Å². The molecule has 2 aromatic rings. The molecule has 0 saturated carbocycles. The van der Waals surface area contributed by atoms with E-state index in [1.807, 2.05) is 61.3 Å². The average molecular weight is 354 g/mol. The van der Waals surface area contributed by atoms with E-state index in [1.54, 1.807) is 12.4 Å². The Hall–Kier alpha value is -3.28. The maximum atomic E-state index is 11.7. The lowest BCUT2D eigenvalue weighted by Crippen LogP contribution is -2.13. The van der Waals surface area contributed by atoms with Gasteiger partial charge in [0.1, 0.15) is 12.0 Å². The molecule has 0 fully saturated rings. The van der Waals surface area contributed by atoms with Crippen LogP contribution in [0, 0.1) is 6.92 Å². The van der Waals surface area contributed by atoms with E-state index in [9.17, 15) is 4.79 Å². The standard InChI is InChI=1S/C20H22N2O4/c1-15-10-11-16(21-14-22(2)17-8-6-5-7-9-17)12-18(15)26-19(13-24-3)20(23)25-4/h5-14H,1-4H3/b19-13-,21-14?. The first-order valence-electron chi connectivity index (χ1n) is 7.97. The number of methoxy groups -OCH3 is 2. The van der Waals surface area contributed by atoms with Gasteiger partial charge < -0.3 is 19.1 Å². The van der Waals surface area contributed by atoms with E-state index >= 15 is 0 Å². The molecular weight excluding hydrogens is 332 g/mol. The van der Waals surface area contributed by atoms with Gasteiger partial charge in [-0.3, -0.25) is 0 Å². The minimum absolute atomic E-state index is 0.0411. The molecule has 0 bridgehead atoms. The maximum Gasteiger partial charge on any atom is 0.377 e. The molecule has 2 rings (SSSR count). The molecule has 0 aliphatic heterocycles. The van der Waals surface area contributed by atoms with Gasteiger partial charge in [-0.1, -0.05) is 24.3 Å². The van der Waals surface area contributed by atoms with Crippen molar-refractivity contribution in [3.63, 3.8) is 0 Å². The van der Waals surface area contributed by atoms with Crippen LogP contribution in [0.4, 0.5) is 11.4 Å². The Kier molecular flexibility index (Phi) is 6.79. The Morgan fingerprint density at radius 1 is 1.12 bits per heavy atom. The van der Waals surface area contributed by atoms with Crippen LogP contribution in [-0.4, -0.2) is 33.6 Å². The normalized spacial score (nSPS) is 11.3. The number of nitrogens with zero attached hydrogens (tertiary/aromatic N) is 2. The number of carbonyl (C=O) groups excluding carboxylic acids is 1. The molecule has 2 aromatic carbocycles. The Morgan fingerprint density at radius 2 is 1.85 bits per heavy atom. The van der Waals surface area contributed by atoms with Crippen molar-refractivity contribution >= 4 is 23.7 Å². The second-order valence-corrected chi connectivity index (χ2v) is 5.45. The van der Waals surface area contributed by atoms with E-state index in [2.05, 4.69) is 9.73 Å². The smallest absolute Gasteiger partial charge is 0.377 e. The van der Waals surface area contributed by atoms with E-state index in [-0.39, 0.29) is 5.76 Å². The highest BCUT2D eigenvalue weighted by atomic mass is 16.6. The summed E-state index contributed by atoms with van der Waals surface area (Å²) in [6.45, 7) is 1.88. The molecule has 0 heterocycles. The Morgan fingerprint density at radius 3 is 2.50 bits per heavy atom. The highest BCUT2D eigenvalue weighted by Crippen LogP contribution is 2.26. The minimum atomic E-state index is -0.621. The van der Waals surface area contributed by atoms with Gasteiger partial charge in [0.25, 0.3) is 0 Å². The summed E-state index contributed by atoms with van der Waals surface area (Å²) in [4.78, 5) is 18.1. The summed E-state index contributed by atoms with van der Waals surface area (Å²) in [5, 5.41) is 0. The highest BCUT2D eigenvalue weighted by Gasteiger charge is 2.14. The van der Waals surface area contributed by atoms with E-state index in [0.717, 1.165) is 11.3 Å². The van der Waals surface area contributed by atoms with Crippen LogP contribution >= 0.6 is 0 Å². The number of esters is 1. The van der Waals surface area contributed by atoms with Gasteiger partial charge in [-0.05, 0) is 30.7 Å². The third-order valence-electron chi connectivity index (χ3n) is 3.55.